The third kappa shape index (κ3) is 5.90. The zero-order chi connectivity index (χ0) is 20.4. The number of ether oxygens (including phenoxy) is 4. The van der Waals surface area contributed by atoms with Crippen molar-refractivity contribution >= 4 is 12.1 Å². The molecule has 0 aromatic heterocycles. The first-order valence-corrected chi connectivity index (χ1v) is 9.07. The number of rotatable bonds is 10. The number of carbonyl (C=O) groups is 1. The molecule has 7 nitrogen and oxygen atoms in total. The van der Waals surface area contributed by atoms with Gasteiger partial charge in [0.25, 0.3) is 5.91 Å². The molecule has 7 heteroatoms. The Morgan fingerprint density at radius 2 is 1.71 bits per heavy atom. The molecule has 0 saturated carbocycles. The van der Waals surface area contributed by atoms with Crippen LogP contribution in [0.3, 0.4) is 0 Å². The lowest BCUT2D eigenvalue weighted by molar-refractivity contribution is 0.0954. The summed E-state index contributed by atoms with van der Waals surface area (Å²) >= 11 is 0. The fourth-order valence-electron chi connectivity index (χ4n) is 2.37. The van der Waals surface area contributed by atoms with Crippen molar-refractivity contribution in [2.24, 2.45) is 5.10 Å². The van der Waals surface area contributed by atoms with Crippen LogP contribution in [0.5, 0.6) is 23.0 Å². The quantitative estimate of drug-likeness (QED) is 0.498. The first-order valence-electron chi connectivity index (χ1n) is 9.07. The lowest BCUT2D eigenvalue weighted by atomic mass is 10.2. The zero-order valence-electron chi connectivity index (χ0n) is 16.7. The molecule has 0 atom stereocenters. The molecule has 1 N–H and O–H groups in total. The van der Waals surface area contributed by atoms with Crippen LogP contribution in [-0.2, 0) is 0 Å². The smallest absolute Gasteiger partial charge is 0.271 e. The summed E-state index contributed by atoms with van der Waals surface area (Å²) in [7, 11) is 3.05. The second kappa shape index (κ2) is 10.8. The van der Waals surface area contributed by atoms with Crippen molar-refractivity contribution in [3.8, 4) is 23.0 Å². The van der Waals surface area contributed by atoms with Crippen molar-refractivity contribution in [2.45, 2.75) is 20.3 Å². The van der Waals surface area contributed by atoms with Crippen LogP contribution in [0.15, 0.2) is 41.5 Å². The molecular formula is C21H26N2O5. The van der Waals surface area contributed by atoms with Crippen LogP contribution in [-0.4, -0.2) is 39.6 Å². The van der Waals surface area contributed by atoms with E-state index in [4.69, 9.17) is 18.9 Å². The number of hydrogen-bond donors (Lipinski definition) is 1. The van der Waals surface area contributed by atoms with Gasteiger partial charge in [-0.3, -0.25) is 4.79 Å². The Labute approximate surface area is 165 Å². The van der Waals surface area contributed by atoms with Gasteiger partial charge in [0.1, 0.15) is 11.5 Å². The minimum Gasteiger partial charge on any atom is -0.497 e. The van der Waals surface area contributed by atoms with Gasteiger partial charge in [-0.05, 0) is 49.2 Å². The molecule has 0 aliphatic rings. The van der Waals surface area contributed by atoms with E-state index in [-0.39, 0.29) is 5.91 Å². The van der Waals surface area contributed by atoms with E-state index in [1.165, 1.54) is 14.2 Å². The molecule has 0 heterocycles. The second-order valence-corrected chi connectivity index (χ2v) is 5.79. The van der Waals surface area contributed by atoms with Gasteiger partial charge in [-0.15, -0.1) is 0 Å². The first kappa shape index (κ1) is 21.1. The van der Waals surface area contributed by atoms with Gasteiger partial charge in [0.15, 0.2) is 11.5 Å². The number of hydrogen-bond acceptors (Lipinski definition) is 6. The third-order valence-corrected chi connectivity index (χ3v) is 3.72. The minimum atomic E-state index is -0.374. The number of carbonyl (C=O) groups excluding carboxylic acids is 1. The summed E-state index contributed by atoms with van der Waals surface area (Å²) in [6, 6.07) is 10.4. The molecule has 0 saturated heterocycles. The van der Waals surface area contributed by atoms with Crippen LogP contribution in [0, 0.1) is 0 Å². The molecule has 2 aromatic rings. The van der Waals surface area contributed by atoms with Gasteiger partial charge < -0.3 is 18.9 Å². The molecule has 0 spiro atoms. The Hall–Kier alpha value is -3.22. The summed E-state index contributed by atoms with van der Waals surface area (Å²) in [5.41, 5.74) is 3.65. The van der Waals surface area contributed by atoms with E-state index in [0.29, 0.717) is 41.8 Å². The summed E-state index contributed by atoms with van der Waals surface area (Å²) < 4.78 is 21.6. The van der Waals surface area contributed by atoms with Crippen molar-refractivity contribution in [3.05, 3.63) is 47.5 Å². The Morgan fingerprint density at radius 1 is 1.00 bits per heavy atom. The lowest BCUT2D eigenvalue weighted by Gasteiger charge is -2.11. The highest BCUT2D eigenvalue weighted by molar-refractivity contribution is 5.95. The fraction of sp³-hybridized carbons (Fsp3) is 0.333. The van der Waals surface area contributed by atoms with Crippen LogP contribution in [0.2, 0.25) is 0 Å². The normalized spacial score (nSPS) is 10.6. The summed E-state index contributed by atoms with van der Waals surface area (Å²) in [6.07, 6.45) is 2.46. The molecular weight excluding hydrogens is 360 g/mol. The third-order valence-electron chi connectivity index (χ3n) is 3.72. The molecule has 1 amide bonds. The van der Waals surface area contributed by atoms with Gasteiger partial charge in [-0.1, -0.05) is 6.92 Å². The van der Waals surface area contributed by atoms with Gasteiger partial charge in [-0.2, -0.15) is 5.10 Å². The highest BCUT2D eigenvalue weighted by Crippen LogP contribution is 2.28. The molecule has 0 radical (unpaired) electrons. The Balaban J connectivity index is 2.09. The van der Waals surface area contributed by atoms with Gasteiger partial charge in [0.2, 0.25) is 0 Å². The maximum atomic E-state index is 12.3. The largest absolute Gasteiger partial charge is 0.497 e. The van der Waals surface area contributed by atoms with Crippen molar-refractivity contribution in [3.63, 3.8) is 0 Å². The molecule has 0 fully saturated rings. The van der Waals surface area contributed by atoms with Crippen LogP contribution >= 0.6 is 0 Å². The van der Waals surface area contributed by atoms with Gasteiger partial charge in [0, 0.05) is 11.6 Å². The summed E-state index contributed by atoms with van der Waals surface area (Å²) in [6.45, 7) is 5.10. The Bertz CT molecular complexity index is 798. The molecule has 2 aromatic carbocycles. The molecule has 0 unspecified atom stereocenters. The monoisotopic (exact) mass is 386 g/mol. The average molecular weight is 386 g/mol. The molecule has 0 aliphatic carbocycles. The fourth-order valence-corrected chi connectivity index (χ4v) is 2.37. The van der Waals surface area contributed by atoms with E-state index in [1.54, 1.807) is 24.4 Å². The highest BCUT2D eigenvalue weighted by atomic mass is 16.5. The first-order chi connectivity index (χ1) is 13.6. The minimum absolute atomic E-state index is 0.374. The van der Waals surface area contributed by atoms with Crippen molar-refractivity contribution in [1.29, 1.82) is 0 Å². The average Bonchev–Trinajstić information content (AvgIpc) is 2.72. The van der Waals surface area contributed by atoms with Crippen molar-refractivity contribution in [2.75, 3.05) is 27.4 Å². The molecule has 150 valence electrons. The van der Waals surface area contributed by atoms with Gasteiger partial charge >= 0.3 is 0 Å². The van der Waals surface area contributed by atoms with E-state index in [1.807, 2.05) is 32.0 Å². The maximum absolute atomic E-state index is 12.3. The van der Waals surface area contributed by atoms with Crippen LogP contribution < -0.4 is 24.4 Å². The summed E-state index contributed by atoms with van der Waals surface area (Å²) in [5, 5.41) is 4.02. The molecule has 0 bridgehead atoms. The number of hydrazone groups is 1. The Kier molecular flexibility index (Phi) is 8.14. The van der Waals surface area contributed by atoms with E-state index < -0.39 is 0 Å². The molecule has 2 rings (SSSR count). The Morgan fingerprint density at radius 3 is 2.32 bits per heavy atom. The van der Waals surface area contributed by atoms with E-state index in [9.17, 15) is 4.79 Å². The van der Waals surface area contributed by atoms with Crippen molar-refractivity contribution in [1.82, 2.24) is 5.43 Å². The van der Waals surface area contributed by atoms with Crippen LogP contribution in [0.1, 0.15) is 36.2 Å². The van der Waals surface area contributed by atoms with Crippen LogP contribution in [0.25, 0.3) is 0 Å². The number of nitrogens with one attached hydrogen (secondary N) is 1. The molecule has 28 heavy (non-hydrogen) atoms. The number of methoxy groups -OCH3 is 2. The standard InChI is InChI=1S/C21H26N2O5/c1-5-9-28-19-8-7-15(10-20(19)27-6-2)14-22-23-21(24)16-11-17(25-3)13-18(12-16)26-4/h7-8,10-14H,5-6,9H2,1-4H3,(H,23,24)/b22-14-. The molecule has 0 aliphatic heterocycles. The lowest BCUT2D eigenvalue weighted by Crippen LogP contribution is -2.17. The predicted octanol–water partition coefficient (Wildman–Crippen LogP) is 3.66. The van der Waals surface area contributed by atoms with Crippen LogP contribution in [0.4, 0.5) is 0 Å². The van der Waals surface area contributed by atoms with E-state index >= 15 is 0 Å². The predicted molar refractivity (Wildman–Crippen MR) is 108 cm³/mol. The highest BCUT2D eigenvalue weighted by Gasteiger charge is 2.09. The van der Waals surface area contributed by atoms with Crippen molar-refractivity contribution < 1.29 is 23.7 Å². The SMILES string of the molecule is CCCOc1ccc(/C=N\NC(=O)c2cc(OC)cc(OC)c2)cc1OCC. The maximum Gasteiger partial charge on any atom is 0.271 e. The summed E-state index contributed by atoms with van der Waals surface area (Å²) in [5.74, 6) is 2.01. The number of benzene rings is 2. The topological polar surface area (TPSA) is 78.4 Å². The van der Waals surface area contributed by atoms with E-state index in [0.717, 1.165) is 12.0 Å². The van der Waals surface area contributed by atoms with Gasteiger partial charge in [-0.25, -0.2) is 5.43 Å². The zero-order valence-corrected chi connectivity index (χ0v) is 16.7. The number of nitrogens with zero attached hydrogens (tertiary/aromatic N) is 1. The number of amides is 1. The van der Waals surface area contributed by atoms with Gasteiger partial charge in [0.05, 0.1) is 33.6 Å². The summed E-state index contributed by atoms with van der Waals surface area (Å²) in [4.78, 5) is 12.3. The second-order valence-electron chi connectivity index (χ2n) is 5.79. The van der Waals surface area contributed by atoms with E-state index in [2.05, 4.69) is 10.5 Å².